The van der Waals surface area contributed by atoms with Crippen molar-refractivity contribution < 1.29 is 4.42 Å². The van der Waals surface area contributed by atoms with Crippen LogP contribution in [-0.4, -0.2) is 30.4 Å². The number of hydrogen-bond acceptors (Lipinski definition) is 7. The van der Waals surface area contributed by atoms with Crippen LogP contribution >= 0.6 is 0 Å². The summed E-state index contributed by atoms with van der Waals surface area (Å²) in [7, 11) is 0. The summed E-state index contributed by atoms with van der Waals surface area (Å²) in [4.78, 5) is 7.74. The summed E-state index contributed by atoms with van der Waals surface area (Å²) in [5.74, 6) is 0. The van der Waals surface area contributed by atoms with Gasteiger partial charge in [0.2, 0.25) is 0 Å². The van der Waals surface area contributed by atoms with Gasteiger partial charge in [-0.15, -0.1) is 20.4 Å². The molecule has 0 radical (unpaired) electrons. The summed E-state index contributed by atoms with van der Waals surface area (Å²) in [6, 6.07) is 0. The van der Waals surface area contributed by atoms with Crippen LogP contribution in [0.15, 0.2) is 17.1 Å². The van der Waals surface area contributed by atoms with Crippen LogP contribution in [0.25, 0.3) is 22.5 Å². The summed E-state index contributed by atoms with van der Waals surface area (Å²) in [6.07, 6.45) is 2.61. The van der Waals surface area contributed by atoms with Crippen LogP contribution in [0.2, 0.25) is 0 Å². The Kier molecular flexibility index (Phi) is 1.05. The minimum absolute atomic E-state index is 0.373. The molecule has 13 heavy (non-hydrogen) atoms. The number of fused-ring (bicyclic) bond motifs is 3. The molecule has 62 valence electrons. The van der Waals surface area contributed by atoms with E-state index < -0.39 is 0 Å². The normalized spacial score (nSPS) is 11.1. The molecule has 3 heterocycles. The molecule has 0 aromatic carbocycles. The summed E-state index contributed by atoms with van der Waals surface area (Å²) in [6.45, 7) is 0. The lowest BCUT2D eigenvalue weighted by Gasteiger charge is -1.80. The van der Waals surface area contributed by atoms with E-state index in [1.165, 1.54) is 12.7 Å². The largest absolute Gasteiger partial charge is 0.416 e. The highest BCUT2D eigenvalue weighted by molar-refractivity contribution is 5.95. The van der Waals surface area contributed by atoms with Crippen molar-refractivity contribution in [3.8, 4) is 0 Å². The van der Waals surface area contributed by atoms with Gasteiger partial charge in [-0.1, -0.05) is 0 Å². The van der Waals surface area contributed by atoms with Crippen molar-refractivity contribution in [2.45, 2.75) is 0 Å². The van der Waals surface area contributed by atoms with Gasteiger partial charge in [-0.2, -0.15) is 9.97 Å². The van der Waals surface area contributed by atoms with Crippen molar-refractivity contribution >= 4 is 22.5 Å². The second-order valence-electron chi connectivity index (χ2n) is 2.33. The van der Waals surface area contributed by atoms with Crippen molar-refractivity contribution in [3.63, 3.8) is 0 Å². The van der Waals surface area contributed by atoms with Gasteiger partial charge < -0.3 is 4.42 Å². The third-order valence-electron chi connectivity index (χ3n) is 1.59. The van der Waals surface area contributed by atoms with Crippen LogP contribution in [0, 0.1) is 0 Å². The third-order valence-corrected chi connectivity index (χ3v) is 1.59. The minimum atomic E-state index is 0.373. The van der Waals surface area contributed by atoms with Crippen LogP contribution in [0.3, 0.4) is 0 Å². The molecule has 3 rings (SSSR count). The maximum absolute atomic E-state index is 5.23. The second kappa shape index (κ2) is 2.16. The minimum Gasteiger partial charge on any atom is -0.416 e. The molecule has 0 amide bonds. The van der Waals surface area contributed by atoms with Crippen LogP contribution in [0.4, 0.5) is 0 Å². The Labute approximate surface area is 70.8 Å². The lowest BCUT2D eigenvalue weighted by Crippen LogP contribution is -1.85. The fourth-order valence-electron chi connectivity index (χ4n) is 1.07. The molecule has 0 aliphatic rings. The monoisotopic (exact) mass is 174 g/mol. The molecule has 3 aromatic heterocycles. The first kappa shape index (κ1) is 6.35. The molecule has 0 unspecified atom stereocenters. The second-order valence-corrected chi connectivity index (χ2v) is 2.33. The van der Waals surface area contributed by atoms with E-state index in [1.54, 1.807) is 0 Å². The molecular formula is C6H2N6O. The van der Waals surface area contributed by atoms with E-state index in [1.807, 2.05) is 0 Å². The molecule has 0 bridgehead atoms. The number of furan rings is 1. The van der Waals surface area contributed by atoms with Crippen molar-refractivity contribution in [2.24, 2.45) is 0 Å². The fraction of sp³-hybridized carbons (Fsp3) is 0. The Morgan fingerprint density at radius 2 is 1.38 bits per heavy atom. The molecule has 0 saturated heterocycles. The van der Waals surface area contributed by atoms with E-state index in [9.17, 15) is 0 Å². The highest BCUT2D eigenvalue weighted by Crippen LogP contribution is 2.19. The smallest absolute Gasteiger partial charge is 0.253 e. The molecule has 0 aliphatic carbocycles. The molecule has 7 nitrogen and oxygen atoms in total. The third kappa shape index (κ3) is 0.776. The first-order valence-corrected chi connectivity index (χ1v) is 3.49. The molecule has 0 atom stereocenters. The average Bonchev–Trinajstić information content (AvgIpc) is 2.56. The summed E-state index contributed by atoms with van der Waals surface area (Å²) < 4.78 is 5.23. The van der Waals surface area contributed by atoms with Crippen molar-refractivity contribution in [1.29, 1.82) is 0 Å². The van der Waals surface area contributed by atoms with Crippen LogP contribution in [0.5, 0.6) is 0 Å². The lowest BCUT2D eigenvalue weighted by atomic mass is 10.5. The van der Waals surface area contributed by atoms with E-state index in [2.05, 4.69) is 30.4 Å². The molecule has 0 N–H and O–H groups in total. The topological polar surface area (TPSA) is 90.5 Å². The Bertz CT molecular complexity index is 525. The Hall–Kier alpha value is -2.18. The van der Waals surface area contributed by atoms with E-state index >= 15 is 0 Å². The molecule has 0 spiro atoms. The zero-order valence-corrected chi connectivity index (χ0v) is 6.25. The van der Waals surface area contributed by atoms with Crippen LogP contribution < -0.4 is 0 Å². The zero-order valence-electron chi connectivity index (χ0n) is 6.25. The number of nitrogens with zero attached hydrogens (tertiary/aromatic N) is 6. The van der Waals surface area contributed by atoms with E-state index in [-0.39, 0.29) is 0 Å². The van der Waals surface area contributed by atoms with E-state index in [0.29, 0.717) is 22.5 Å². The molecule has 0 fully saturated rings. The predicted molar refractivity (Wildman–Crippen MR) is 40.5 cm³/mol. The Morgan fingerprint density at radius 3 is 1.92 bits per heavy atom. The summed E-state index contributed by atoms with van der Waals surface area (Å²) in [5.41, 5.74) is 1.72. The lowest BCUT2D eigenvalue weighted by molar-refractivity contribution is 0.633. The molecule has 0 aliphatic heterocycles. The first-order valence-electron chi connectivity index (χ1n) is 3.49. The van der Waals surface area contributed by atoms with Crippen molar-refractivity contribution in [2.75, 3.05) is 0 Å². The zero-order chi connectivity index (χ0) is 8.67. The van der Waals surface area contributed by atoms with Gasteiger partial charge in [-0.3, -0.25) is 0 Å². The standard InChI is InChI=1S/C6H2N6O/c1-7-5-3(11-9-1)4-6(13-5)8-2-10-12-4/h1-2H. The van der Waals surface area contributed by atoms with Gasteiger partial charge in [0, 0.05) is 0 Å². The molecule has 7 heteroatoms. The van der Waals surface area contributed by atoms with Gasteiger partial charge in [0.25, 0.3) is 11.4 Å². The van der Waals surface area contributed by atoms with Gasteiger partial charge in [0.05, 0.1) is 0 Å². The van der Waals surface area contributed by atoms with Crippen molar-refractivity contribution in [1.82, 2.24) is 30.4 Å². The summed E-state index contributed by atoms with van der Waals surface area (Å²) in [5, 5.41) is 14.9. The number of hydrogen-bond donors (Lipinski definition) is 0. The highest BCUT2D eigenvalue weighted by Gasteiger charge is 2.10. The van der Waals surface area contributed by atoms with E-state index in [0.717, 1.165) is 0 Å². The van der Waals surface area contributed by atoms with Crippen LogP contribution in [-0.2, 0) is 0 Å². The van der Waals surface area contributed by atoms with Gasteiger partial charge in [-0.05, 0) is 0 Å². The highest BCUT2D eigenvalue weighted by atomic mass is 16.3. The van der Waals surface area contributed by atoms with E-state index in [4.69, 9.17) is 4.42 Å². The molecular weight excluding hydrogens is 172 g/mol. The Morgan fingerprint density at radius 1 is 0.846 bits per heavy atom. The van der Waals surface area contributed by atoms with Gasteiger partial charge in [0.15, 0.2) is 11.0 Å². The average molecular weight is 174 g/mol. The first-order chi connectivity index (χ1) is 6.45. The number of aromatic nitrogens is 6. The molecule has 3 aromatic rings. The molecule has 0 saturated carbocycles. The van der Waals surface area contributed by atoms with Crippen molar-refractivity contribution in [3.05, 3.63) is 12.7 Å². The maximum Gasteiger partial charge on any atom is 0.253 e. The van der Waals surface area contributed by atoms with Gasteiger partial charge >= 0.3 is 0 Å². The fourth-order valence-corrected chi connectivity index (χ4v) is 1.07. The van der Waals surface area contributed by atoms with Gasteiger partial charge in [-0.25, -0.2) is 0 Å². The predicted octanol–water partition coefficient (Wildman–Crippen LogP) is -0.0440. The maximum atomic E-state index is 5.23. The summed E-state index contributed by atoms with van der Waals surface area (Å²) >= 11 is 0. The van der Waals surface area contributed by atoms with Gasteiger partial charge in [0.1, 0.15) is 12.7 Å². The van der Waals surface area contributed by atoms with Crippen LogP contribution in [0.1, 0.15) is 0 Å². The number of rotatable bonds is 0. The Balaban J connectivity index is 2.64. The SMILES string of the molecule is c1nnc2c(n1)oc1ncnnc12. The quantitative estimate of drug-likeness (QED) is 0.472.